The van der Waals surface area contributed by atoms with Crippen LogP contribution in [0.1, 0.15) is 97.6 Å². The molecule has 1 aromatic carbocycles. The molecule has 0 aliphatic carbocycles. The molecule has 0 amide bonds. The number of benzene rings is 1. The van der Waals surface area contributed by atoms with Gasteiger partial charge >= 0.3 is 0 Å². The van der Waals surface area contributed by atoms with E-state index in [4.69, 9.17) is 0 Å². The molecule has 0 atom stereocenters. The summed E-state index contributed by atoms with van der Waals surface area (Å²) in [7, 11) is 0. The highest BCUT2D eigenvalue weighted by molar-refractivity contribution is 5.40. The smallest absolute Gasteiger partial charge is 0.119 e. The quantitative estimate of drug-likeness (QED) is 0.316. The lowest BCUT2D eigenvalue weighted by molar-refractivity contribution is 0.436. The first-order valence-electron chi connectivity index (χ1n) is 10.4. The third-order valence-corrected chi connectivity index (χ3v) is 5.28. The molecule has 0 saturated heterocycles. The molecule has 0 radical (unpaired) electrons. The van der Waals surface area contributed by atoms with Crippen LogP contribution < -0.4 is 0 Å². The van der Waals surface area contributed by atoms with Crippen LogP contribution in [0.15, 0.2) is 41.5 Å². The summed E-state index contributed by atoms with van der Waals surface area (Å²) < 4.78 is 0. The van der Waals surface area contributed by atoms with Crippen molar-refractivity contribution in [1.82, 2.24) is 0 Å². The second-order valence-electron chi connectivity index (χ2n) is 8.61. The number of phenolic OH excluding ortho intramolecular Hbond substituents is 1. The third kappa shape index (κ3) is 8.25. The second kappa shape index (κ2) is 11.3. The number of aromatic hydroxyl groups is 1. The van der Waals surface area contributed by atoms with Gasteiger partial charge in [0.1, 0.15) is 5.75 Å². The van der Waals surface area contributed by atoms with Crippen molar-refractivity contribution in [3.63, 3.8) is 0 Å². The molecule has 0 heterocycles. The lowest BCUT2D eigenvalue weighted by Gasteiger charge is -2.26. The maximum Gasteiger partial charge on any atom is 0.119 e. The van der Waals surface area contributed by atoms with Gasteiger partial charge in [0.2, 0.25) is 0 Å². The molecule has 1 aromatic rings. The molecule has 1 heteroatoms. The first kappa shape index (κ1) is 22.5. The van der Waals surface area contributed by atoms with Gasteiger partial charge in [-0.1, -0.05) is 81.9 Å². The molecule has 1 rings (SSSR count). The number of phenols is 1. The fourth-order valence-electron chi connectivity index (χ4n) is 3.27. The standard InChI is InChI=1S/C25H40O/c1-7-8-9-10-18-25(5,6)23-17-16-22(24(26)19-23)15-14-21(4)13-11-12-20(2)3/h12,14,16-17,19,26H,7-11,13,15,18H2,1-6H3/b21-14+. The van der Waals surface area contributed by atoms with Gasteiger partial charge in [-0.25, -0.2) is 0 Å². The SMILES string of the molecule is CCCCCCC(C)(C)c1ccc(C/C=C(\C)CCC=C(C)C)c(O)c1. The number of hydrogen-bond donors (Lipinski definition) is 1. The first-order valence-corrected chi connectivity index (χ1v) is 10.4. The van der Waals surface area contributed by atoms with Crippen molar-refractivity contribution in [2.75, 3.05) is 0 Å². The van der Waals surface area contributed by atoms with Crippen LogP contribution in [-0.2, 0) is 11.8 Å². The van der Waals surface area contributed by atoms with E-state index in [1.807, 2.05) is 6.07 Å². The van der Waals surface area contributed by atoms with E-state index in [1.54, 1.807) is 0 Å². The van der Waals surface area contributed by atoms with Crippen molar-refractivity contribution in [3.8, 4) is 5.75 Å². The lowest BCUT2D eigenvalue weighted by Crippen LogP contribution is -2.17. The van der Waals surface area contributed by atoms with Gasteiger partial charge < -0.3 is 5.11 Å². The summed E-state index contributed by atoms with van der Waals surface area (Å²) in [4.78, 5) is 0. The Balaban J connectivity index is 2.67. The highest BCUT2D eigenvalue weighted by Crippen LogP contribution is 2.33. The van der Waals surface area contributed by atoms with Crippen LogP contribution in [-0.4, -0.2) is 5.11 Å². The molecule has 0 aromatic heterocycles. The summed E-state index contributed by atoms with van der Waals surface area (Å²) in [6, 6.07) is 6.31. The molecular weight excluding hydrogens is 316 g/mol. The average Bonchev–Trinajstić information content (AvgIpc) is 2.57. The van der Waals surface area contributed by atoms with E-state index in [2.05, 4.69) is 65.8 Å². The van der Waals surface area contributed by atoms with Crippen molar-refractivity contribution in [1.29, 1.82) is 0 Å². The first-order chi connectivity index (χ1) is 12.3. The molecule has 1 N–H and O–H groups in total. The molecule has 0 spiro atoms. The van der Waals surface area contributed by atoms with Gasteiger partial charge in [0.25, 0.3) is 0 Å². The number of rotatable bonds is 11. The number of hydrogen-bond acceptors (Lipinski definition) is 1. The van der Waals surface area contributed by atoms with Gasteiger partial charge in [0, 0.05) is 0 Å². The van der Waals surface area contributed by atoms with E-state index >= 15 is 0 Å². The van der Waals surface area contributed by atoms with Gasteiger partial charge in [-0.05, 0) is 69.1 Å². The van der Waals surface area contributed by atoms with Crippen molar-refractivity contribution < 1.29 is 5.11 Å². The van der Waals surface area contributed by atoms with E-state index in [0.29, 0.717) is 5.75 Å². The van der Waals surface area contributed by atoms with Gasteiger partial charge in [0.15, 0.2) is 0 Å². The molecule has 146 valence electrons. The minimum absolute atomic E-state index is 0.125. The van der Waals surface area contributed by atoms with Crippen LogP contribution in [0, 0.1) is 0 Å². The molecule has 0 fully saturated rings. The van der Waals surface area contributed by atoms with Crippen LogP contribution in [0.2, 0.25) is 0 Å². The van der Waals surface area contributed by atoms with Crippen molar-refractivity contribution in [2.24, 2.45) is 0 Å². The zero-order chi connectivity index (χ0) is 19.6. The Morgan fingerprint density at radius 2 is 1.77 bits per heavy atom. The fourth-order valence-corrected chi connectivity index (χ4v) is 3.27. The molecule has 0 saturated carbocycles. The Morgan fingerprint density at radius 1 is 1.04 bits per heavy atom. The Morgan fingerprint density at radius 3 is 2.38 bits per heavy atom. The summed E-state index contributed by atoms with van der Waals surface area (Å²) >= 11 is 0. The zero-order valence-electron chi connectivity index (χ0n) is 18.0. The van der Waals surface area contributed by atoms with E-state index in [1.165, 1.54) is 48.8 Å². The molecule has 0 unspecified atom stereocenters. The zero-order valence-corrected chi connectivity index (χ0v) is 18.0. The van der Waals surface area contributed by atoms with Crippen molar-refractivity contribution in [3.05, 3.63) is 52.6 Å². The van der Waals surface area contributed by atoms with E-state index in [9.17, 15) is 5.11 Å². The van der Waals surface area contributed by atoms with Crippen molar-refractivity contribution >= 4 is 0 Å². The second-order valence-corrected chi connectivity index (χ2v) is 8.61. The Bertz CT molecular complexity index is 601. The summed E-state index contributed by atoms with van der Waals surface area (Å²) in [6.07, 6.45) is 13.9. The molecule has 0 aliphatic rings. The lowest BCUT2D eigenvalue weighted by atomic mass is 9.79. The highest BCUT2D eigenvalue weighted by Gasteiger charge is 2.21. The molecule has 0 aliphatic heterocycles. The van der Waals surface area contributed by atoms with E-state index in [0.717, 1.165) is 24.8 Å². The van der Waals surface area contributed by atoms with Gasteiger partial charge in [-0.3, -0.25) is 0 Å². The van der Waals surface area contributed by atoms with Crippen LogP contribution in [0.25, 0.3) is 0 Å². The summed E-state index contributed by atoms with van der Waals surface area (Å²) in [5.74, 6) is 0.442. The predicted molar refractivity (Wildman–Crippen MR) is 116 cm³/mol. The van der Waals surface area contributed by atoms with E-state index < -0.39 is 0 Å². The number of unbranched alkanes of at least 4 members (excludes halogenated alkanes) is 3. The van der Waals surface area contributed by atoms with Gasteiger partial charge in [-0.15, -0.1) is 0 Å². The highest BCUT2D eigenvalue weighted by atomic mass is 16.3. The van der Waals surface area contributed by atoms with Crippen LogP contribution >= 0.6 is 0 Å². The molecule has 26 heavy (non-hydrogen) atoms. The topological polar surface area (TPSA) is 20.2 Å². The Kier molecular flexibility index (Phi) is 9.76. The number of allylic oxidation sites excluding steroid dienone is 4. The summed E-state index contributed by atoms with van der Waals surface area (Å²) in [5, 5.41) is 10.5. The maximum atomic E-state index is 10.5. The average molecular weight is 357 g/mol. The van der Waals surface area contributed by atoms with Gasteiger partial charge in [-0.2, -0.15) is 0 Å². The fraction of sp³-hybridized carbons (Fsp3) is 0.600. The normalized spacial score (nSPS) is 12.3. The summed E-state index contributed by atoms with van der Waals surface area (Å²) in [6.45, 7) is 13.3. The van der Waals surface area contributed by atoms with Crippen LogP contribution in [0.5, 0.6) is 5.75 Å². The van der Waals surface area contributed by atoms with Gasteiger partial charge in [0.05, 0.1) is 0 Å². The van der Waals surface area contributed by atoms with Crippen LogP contribution in [0.4, 0.5) is 0 Å². The molecule has 0 bridgehead atoms. The van der Waals surface area contributed by atoms with E-state index in [-0.39, 0.29) is 5.41 Å². The Hall–Kier alpha value is -1.50. The minimum Gasteiger partial charge on any atom is -0.508 e. The monoisotopic (exact) mass is 356 g/mol. The summed E-state index contributed by atoms with van der Waals surface area (Å²) in [5.41, 5.74) is 5.17. The molecular formula is C25H40O. The minimum atomic E-state index is 0.125. The van der Waals surface area contributed by atoms with Crippen molar-refractivity contribution in [2.45, 2.75) is 98.3 Å². The predicted octanol–water partition coefficient (Wildman–Crippen LogP) is 7.88. The molecule has 1 nitrogen and oxygen atoms in total. The largest absolute Gasteiger partial charge is 0.508 e. The maximum absolute atomic E-state index is 10.5. The Labute approximate surface area is 162 Å². The third-order valence-electron chi connectivity index (χ3n) is 5.28. The van der Waals surface area contributed by atoms with Crippen LogP contribution in [0.3, 0.4) is 0 Å².